The molecule has 1 aromatic heterocycles. The number of benzene rings is 2. The van der Waals surface area contributed by atoms with Gasteiger partial charge in [0.2, 0.25) is 0 Å². The Kier molecular flexibility index (Phi) is 12.0. The van der Waals surface area contributed by atoms with E-state index in [0.717, 1.165) is 16.7 Å². The van der Waals surface area contributed by atoms with Gasteiger partial charge in [-0.15, -0.1) is 0 Å². The number of halogens is 2. The van der Waals surface area contributed by atoms with Crippen LogP contribution < -0.4 is 10.5 Å². The number of aromatic nitrogens is 3. The van der Waals surface area contributed by atoms with E-state index in [4.69, 9.17) is 31.2 Å². The third kappa shape index (κ3) is 9.53. The van der Waals surface area contributed by atoms with Gasteiger partial charge in [0.25, 0.3) is 0 Å². The zero-order valence-corrected chi connectivity index (χ0v) is 26.9. The molecular weight excluding hydrogens is 577 g/mol. The van der Waals surface area contributed by atoms with Crippen molar-refractivity contribution < 1.29 is 23.1 Å². The van der Waals surface area contributed by atoms with E-state index in [9.17, 15) is 9.18 Å². The number of carbonyl (C=O) groups is 1. The van der Waals surface area contributed by atoms with Crippen molar-refractivity contribution in [3.8, 4) is 5.75 Å². The zero-order chi connectivity index (χ0) is 30.9. The van der Waals surface area contributed by atoms with Gasteiger partial charge >= 0.3 is 0 Å². The number of carbonyl (C=O) groups excluding carboxylic acids is 1. The number of Topliss-reactive ketones (excluding diaryl/α,β-unsaturated/α-hetero) is 1. The fourth-order valence-electron chi connectivity index (χ4n) is 3.78. The molecule has 0 fully saturated rings. The second kappa shape index (κ2) is 15.0. The third-order valence-corrected chi connectivity index (χ3v) is 12.2. The molecule has 0 unspecified atom stereocenters. The molecule has 9 nitrogen and oxygen atoms in total. The van der Waals surface area contributed by atoms with Gasteiger partial charge in [0.1, 0.15) is 43.5 Å². The predicted molar refractivity (Wildman–Crippen MR) is 165 cm³/mol. The van der Waals surface area contributed by atoms with Crippen molar-refractivity contribution in [2.24, 2.45) is 10.7 Å². The summed E-state index contributed by atoms with van der Waals surface area (Å²) in [6, 6.07) is 9.82. The zero-order valence-electron chi connectivity index (χ0n) is 25.2. The smallest absolute Gasteiger partial charge is 0.192 e. The maximum atomic E-state index is 12.9. The van der Waals surface area contributed by atoms with Gasteiger partial charge in [-0.2, -0.15) is 5.10 Å². The van der Waals surface area contributed by atoms with E-state index in [1.807, 2.05) is 19.1 Å². The number of rotatable bonds is 9. The number of hydrogen-bond acceptors (Lipinski definition) is 8. The summed E-state index contributed by atoms with van der Waals surface area (Å²) in [5, 5.41) is 4.73. The summed E-state index contributed by atoms with van der Waals surface area (Å²) < 4.78 is 31.8. The molecule has 2 heterocycles. The van der Waals surface area contributed by atoms with Gasteiger partial charge in [-0.1, -0.05) is 44.5 Å². The number of hydrogen-bond donors (Lipinski definition) is 1. The molecule has 2 aromatic carbocycles. The Morgan fingerprint density at radius 2 is 1.93 bits per heavy atom. The van der Waals surface area contributed by atoms with Gasteiger partial charge in [0, 0.05) is 6.42 Å². The van der Waals surface area contributed by atoms with Crippen molar-refractivity contribution in [2.45, 2.75) is 58.3 Å². The van der Waals surface area contributed by atoms with Crippen LogP contribution in [-0.4, -0.2) is 67.7 Å². The average molecular weight is 618 g/mol. The highest BCUT2D eigenvalue weighted by molar-refractivity contribution is 6.74. The summed E-state index contributed by atoms with van der Waals surface area (Å²) in [6.45, 7) is 14.9. The molecule has 42 heavy (non-hydrogen) atoms. The monoisotopic (exact) mass is 617 g/mol. The molecule has 12 heteroatoms. The lowest BCUT2D eigenvalue weighted by atomic mass is 10.0. The van der Waals surface area contributed by atoms with E-state index in [2.05, 4.69) is 48.9 Å². The molecule has 1 aliphatic heterocycles. The van der Waals surface area contributed by atoms with E-state index >= 15 is 0 Å². The molecule has 0 saturated carbocycles. The summed E-state index contributed by atoms with van der Waals surface area (Å²) in [7, 11) is -1.77. The van der Waals surface area contributed by atoms with Gasteiger partial charge < -0.3 is 19.6 Å². The normalized spacial score (nSPS) is 15.5. The molecule has 3 aromatic rings. The van der Waals surface area contributed by atoms with Crippen molar-refractivity contribution in [1.29, 1.82) is 0 Å². The summed E-state index contributed by atoms with van der Waals surface area (Å²) in [5.41, 5.74) is 8.18. The molecule has 1 aliphatic rings. The molecule has 2 N–H and O–H groups in total. The van der Waals surface area contributed by atoms with Crippen LogP contribution in [0.15, 0.2) is 54.0 Å². The molecule has 228 valence electrons. The molecule has 0 amide bonds. The first-order valence-corrected chi connectivity index (χ1v) is 17.1. The Morgan fingerprint density at radius 3 is 2.55 bits per heavy atom. The highest BCUT2D eigenvalue weighted by Gasteiger charge is 2.36. The Balaban J connectivity index is 0.000000238. The van der Waals surface area contributed by atoms with Crippen LogP contribution in [-0.2, 0) is 20.4 Å². The van der Waals surface area contributed by atoms with E-state index in [1.165, 1.54) is 18.5 Å². The minimum atomic E-state index is -1.77. The van der Waals surface area contributed by atoms with Crippen molar-refractivity contribution >= 4 is 31.5 Å². The number of nitrogens with zero attached hydrogens (tertiary/aromatic N) is 4. The fraction of sp³-hybridized carbons (Fsp3) is 0.467. The lowest BCUT2D eigenvalue weighted by molar-refractivity contribution is -0.117. The number of aliphatic imine (C=N–C) groups is 1. The van der Waals surface area contributed by atoms with Gasteiger partial charge in [0.05, 0.1) is 24.8 Å². The Morgan fingerprint density at radius 1 is 1.21 bits per heavy atom. The number of aryl methyl sites for hydroxylation is 1. The van der Waals surface area contributed by atoms with Crippen LogP contribution in [0.5, 0.6) is 5.75 Å². The first kappa shape index (κ1) is 33.5. The summed E-state index contributed by atoms with van der Waals surface area (Å²) in [4.78, 5) is 20.0. The molecule has 0 radical (unpaired) electrons. The van der Waals surface area contributed by atoms with Gasteiger partial charge in [-0.3, -0.25) is 9.79 Å². The van der Waals surface area contributed by atoms with E-state index < -0.39 is 8.32 Å². The molecular formula is C30H41ClFN5O4Si. The number of ketones is 1. The summed E-state index contributed by atoms with van der Waals surface area (Å²) in [5.74, 6) is 1.03. The van der Waals surface area contributed by atoms with E-state index in [0.29, 0.717) is 49.5 Å². The lowest BCUT2D eigenvalue weighted by Crippen LogP contribution is -2.41. The van der Waals surface area contributed by atoms with Crippen LogP contribution in [0, 0.1) is 12.7 Å². The predicted octanol–water partition coefficient (Wildman–Crippen LogP) is 5.55. The van der Waals surface area contributed by atoms with Crippen molar-refractivity contribution in [3.63, 3.8) is 0 Å². The quantitative estimate of drug-likeness (QED) is 0.247. The molecule has 4 rings (SSSR count). The fourth-order valence-corrected chi connectivity index (χ4v) is 5.08. The summed E-state index contributed by atoms with van der Waals surface area (Å²) >= 11 is 6.25. The largest absolute Gasteiger partial charge is 0.490 e. The molecule has 1 atom stereocenters. The van der Waals surface area contributed by atoms with Crippen LogP contribution >= 0.6 is 11.6 Å². The van der Waals surface area contributed by atoms with Crippen LogP contribution in [0.25, 0.3) is 0 Å². The first-order chi connectivity index (χ1) is 19.8. The molecule has 0 saturated heterocycles. The standard InChI is InChI=1S/C18H30ClNO3Si.C12H11FN4O/c1-13-9-16(19)17(11-14(13)10-15(21)12-20)22-7-8-23-24(5,6)18(2,3)4;13-10-3-1-9(2-4-10)11-5-18-6-12(16-11)17-8-14-7-15-17/h9,11H,7-8,10,12,20H2,1-6H3;1-4,7-8,11H,5-6H2/t;11-/m.0/s1. The Labute approximate surface area is 253 Å². The molecule has 0 bridgehead atoms. The molecule has 0 aliphatic carbocycles. The summed E-state index contributed by atoms with van der Waals surface area (Å²) in [6.07, 6.45) is 3.33. The number of nitrogens with two attached hydrogens (primary N) is 1. The van der Waals surface area contributed by atoms with Gasteiger partial charge in [0.15, 0.2) is 19.9 Å². The SMILES string of the molecule is Cc1cc(Cl)c(OCCO[Si](C)(C)C(C)(C)C)cc1CC(=O)CN.Fc1ccc([C@@H]2COCC(n3cncn3)=N2)cc1. The maximum absolute atomic E-state index is 12.9. The second-order valence-corrected chi connectivity index (χ2v) is 16.8. The minimum absolute atomic E-state index is 0.00682. The van der Waals surface area contributed by atoms with Crippen LogP contribution in [0.1, 0.15) is 43.5 Å². The average Bonchev–Trinajstić information content (AvgIpc) is 3.49. The van der Waals surface area contributed by atoms with E-state index in [1.54, 1.807) is 23.1 Å². The van der Waals surface area contributed by atoms with Crippen molar-refractivity contribution in [3.05, 3.63) is 76.6 Å². The lowest BCUT2D eigenvalue weighted by Gasteiger charge is -2.36. The third-order valence-electron chi connectivity index (χ3n) is 7.37. The first-order valence-electron chi connectivity index (χ1n) is 13.8. The van der Waals surface area contributed by atoms with Crippen LogP contribution in [0.3, 0.4) is 0 Å². The Hall–Kier alpha value is -2.96. The van der Waals surface area contributed by atoms with Crippen molar-refractivity contribution in [2.75, 3.05) is 33.0 Å². The van der Waals surface area contributed by atoms with Crippen molar-refractivity contribution in [1.82, 2.24) is 14.8 Å². The number of ether oxygens (including phenoxy) is 2. The molecule has 0 spiro atoms. The van der Waals surface area contributed by atoms with Crippen LogP contribution in [0.4, 0.5) is 4.39 Å². The van der Waals surface area contributed by atoms with E-state index in [-0.39, 0.29) is 29.2 Å². The van der Waals surface area contributed by atoms with Gasteiger partial charge in [-0.05, 0) is 66.0 Å². The van der Waals surface area contributed by atoms with Gasteiger partial charge in [-0.25, -0.2) is 14.1 Å². The maximum Gasteiger partial charge on any atom is 0.192 e. The highest BCUT2D eigenvalue weighted by atomic mass is 35.5. The highest BCUT2D eigenvalue weighted by Crippen LogP contribution is 2.36. The second-order valence-electron chi connectivity index (χ2n) is 11.6. The Bertz CT molecular complexity index is 1340. The topological polar surface area (TPSA) is 114 Å². The minimum Gasteiger partial charge on any atom is -0.490 e. The van der Waals surface area contributed by atoms with Crippen LogP contribution in [0.2, 0.25) is 23.2 Å².